The van der Waals surface area contributed by atoms with Gasteiger partial charge < -0.3 is 30.2 Å². The molecule has 168 valence electrons. The summed E-state index contributed by atoms with van der Waals surface area (Å²) in [5.41, 5.74) is 6.21. The molecule has 0 aliphatic heterocycles. The van der Waals surface area contributed by atoms with Crippen LogP contribution in [0.4, 0.5) is 9.59 Å². The summed E-state index contributed by atoms with van der Waals surface area (Å²) in [6, 6.07) is 7.88. The second-order valence-electron chi connectivity index (χ2n) is 6.20. The van der Waals surface area contributed by atoms with Gasteiger partial charge in [-0.3, -0.25) is 0 Å². The zero-order valence-corrected chi connectivity index (χ0v) is 17.6. The van der Waals surface area contributed by atoms with Crippen LogP contribution in [0.2, 0.25) is 0 Å². The van der Waals surface area contributed by atoms with Gasteiger partial charge in [0.2, 0.25) is 0 Å². The van der Waals surface area contributed by atoms with Crippen LogP contribution in [0, 0.1) is 41.5 Å². The van der Waals surface area contributed by atoms with Gasteiger partial charge in [-0.25, -0.2) is 20.1 Å². The lowest BCUT2D eigenvalue weighted by Gasteiger charge is -2.06. The highest BCUT2D eigenvalue weighted by Gasteiger charge is 2.04. The minimum absolute atomic E-state index is 0.565. The average molecular weight is 428 g/mol. The van der Waals surface area contributed by atoms with E-state index in [-0.39, 0.29) is 0 Å². The summed E-state index contributed by atoms with van der Waals surface area (Å²) in [7, 11) is 0. The molecule has 6 N–H and O–H groups in total. The molecule has 0 aliphatic carbocycles. The molecule has 2 aromatic rings. The van der Waals surface area contributed by atoms with Gasteiger partial charge in [-0.15, -0.1) is 0 Å². The van der Waals surface area contributed by atoms with Crippen molar-refractivity contribution in [3.63, 3.8) is 0 Å². The molecule has 0 aliphatic rings. The first-order chi connectivity index (χ1) is 13.8. The molecule has 0 unspecified atom stereocenters. The molecule has 0 amide bonds. The predicted octanol–water partition coefficient (Wildman–Crippen LogP) is 5.37. The Labute approximate surface area is 174 Å². The van der Waals surface area contributed by atoms with Gasteiger partial charge >= 0.3 is 12.3 Å². The van der Waals surface area contributed by atoms with E-state index in [1.165, 1.54) is 11.1 Å². The van der Waals surface area contributed by atoms with Crippen molar-refractivity contribution >= 4 is 12.3 Å². The third-order valence-corrected chi connectivity index (χ3v) is 3.39. The number of carboxylic acid groups (broad SMARTS) is 4. The van der Waals surface area contributed by atoms with E-state index in [4.69, 9.17) is 40.5 Å². The largest absolute Gasteiger partial charge is 0.503 e. The molecule has 10 nitrogen and oxygen atoms in total. The van der Waals surface area contributed by atoms with E-state index in [0.29, 0.717) is 11.5 Å². The van der Waals surface area contributed by atoms with E-state index in [9.17, 15) is 0 Å². The molecule has 10 heteroatoms. The summed E-state index contributed by atoms with van der Waals surface area (Å²) >= 11 is 0. The number of hydrogen-bond acceptors (Lipinski definition) is 6. The standard InChI is InChI=1S/2C9H12O2.2CH2O3/c2*1-6-4-7(2)9(11-10)8(3)5-6;2*2-1(3)4/h2*4-5,10H,1-3H3;2*(H2,2,3,4). The summed E-state index contributed by atoms with van der Waals surface area (Å²) in [5, 5.41) is 44.9. The molecule has 30 heavy (non-hydrogen) atoms. The Kier molecular flexibility index (Phi) is 13.9. The highest BCUT2D eigenvalue weighted by Crippen LogP contribution is 2.24. The maximum absolute atomic E-state index is 8.56. The lowest BCUT2D eigenvalue weighted by molar-refractivity contribution is -0.138. The van der Waals surface area contributed by atoms with Crippen molar-refractivity contribution in [3.8, 4) is 11.5 Å². The summed E-state index contributed by atoms with van der Waals surface area (Å²) in [6.45, 7) is 11.7. The topological polar surface area (TPSA) is 174 Å². The van der Waals surface area contributed by atoms with Crippen LogP contribution in [0.5, 0.6) is 11.5 Å². The van der Waals surface area contributed by atoms with Crippen molar-refractivity contribution in [1.29, 1.82) is 0 Å². The van der Waals surface area contributed by atoms with Crippen LogP contribution < -0.4 is 9.78 Å². The number of hydrogen-bond donors (Lipinski definition) is 6. The summed E-state index contributed by atoms with van der Waals surface area (Å²) < 4.78 is 0. The summed E-state index contributed by atoms with van der Waals surface area (Å²) in [6.07, 6.45) is -3.67. The Balaban J connectivity index is 0. The molecular weight excluding hydrogens is 400 g/mol. The monoisotopic (exact) mass is 428 g/mol. The predicted molar refractivity (Wildman–Crippen MR) is 109 cm³/mol. The normalized spacial score (nSPS) is 8.80. The van der Waals surface area contributed by atoms with E-state index < -0.39 is 12.3 Å². The van der Waals surface area contributed by atoms with Crippen molar-refractivity contribution in [2.75, 3.05) is 0 Å². The molecule has 0 radical (unpaired) electrons. The third kappa shape index (κ3) is 12.8. The van der Waals surface area contributed by atoms with Gasteiger partial charge in [0, 0.05) is 0 Å². The molecule has 0 bridgehead atoms. The number of rotatable bonds is 2. The highest BCUT2D eigenvalue weighted by molar-refractivity contribution is 5.53. The van der Waals surface area contributed by atoms with Gasteiger partial charge in [-0.05, 0) is 63.8 Å². The lowest BCUT2D eigenvalue weighted by atomic mass is 10.1. The Morgan fingerprint density at radius 3 is 0.867 bits per heavy atom. The molecule has 0 saturated heterocycles. The number of benzene rings is 2. The van der Waals surface area contributed by atoms with Crippen LogP contribution in [0.1, 0.15) is 33.4 Å². The van der Waals surface area contributed by atoms with Gasteiger partial charge in [0.05, 0.1) is 0 Å². The molecule has 0 atom stereocenters. The number of carbonyl (C=O) groups is 2. The molecule has 2 aromatic carbocycles. The van der Waals surface area contributed by atoms with Crippen LogP contribution in [0.25, 0.3) is 0 Å². The van der Waals surface area contributed by atoms with Crippen LogP contribution in [-0.2, 0) is 0 Å². The van der Waals surface area contributed by atoms with Crippen LogP contribution in [0.15, 0.2) is 24.3 Å². The highest BCUT2D eigenvalue weighted by atomic mass is 17.1. The first-order valence-corrected chi connectivity index (χ1v) is 8.39. The quantitative estimate of drug-likeness (QED) is 0.269. The Morgan fingerprint density at radius 2 is 0.733 bits per heavy atom. The Morgan fingerprint density at radius 1 is 0.567 bits per heavy atom. The minimum atomic E-state index is -1.83. The maximum Gasteiger partial charge on any atom is 0.503 e. The van der Waals surface area contributed by atoms with Crippen LogP contribution >= 0.6 is 0 Å². The zero-order chi connectivity index (χ0) is 24.0. The van der Waals surface area contributed by atoms with Crippen LogP contribution in [0.3, 0.4) is 0 Å². The third-order valence-electron chi connectivity index (χ3n) is 3.39. The molecule has 0 saturated carbocycles. The molecular formula is C20H28O10. The van der Waals surface area contributed by atoms with Crippen molar-refractivity contribution in [3.05, 3.63) is 57.6 Å². The van der Waals surface area contributed by atoms with E-state index in [1.54, 1.807) is 0 Å². The Hall–Kier alpha value is -3.50. The molecule has 2 rings (SSSR count). The molecule has 0 fully saturated rings. The maximum atomic E-state index is 8.56. The molecule has 0 aromatic heterocycles. The number of aryl methyl sites for hydroxylation is 6. The lowest BCUT2D eigenvalue weighted by Crippen LogP contribution is -1.92. The van der Waals surface area contributed by atoms with E-state index in [1.807, 2.05) is 65.8 Å². The van der Waals surface area contributed by atoms with E-state index in [2.05, 4.69) is 9.78 Å². The first-order valence-electron chi connectivity index (χ1n) is 8.39. The minimum Gasteiger partial charge on any atom is -0.450 e. The summed E-state index contributed by atoms with van der Waals surface area (Å²) in [4.78, 5) is 25.6. The van der Waals surface area contributed by atoms with Gasteiger partial charge in [-0.2, -0.15) is 0 Å². The van der Waals surface area contributed by atoms with Gasteiger partial charge in [0.1, 0.15) is 0 Å². The summed E-state index contributed by atoms with van der Waals surface area (Å²) in [5.74, 6) is 1.13. The fourth-order valence-electron chi connectivity index (χ4n) is 2.62. The fraction of sp³-hybridized carbons (Fsp3) is 0.300. The first kappa shape index (κ1) is 28.7. The second-order valence-corrected chi connectivity index (χ2v) is 6.20. The Bertz CT molecular complexity index is 707. The zero-order valence-electron chi connectivity index (χ0n) is 17.6. The fourth-order valence-corrected chi connectivity index (χ4v) is 2.62. The SMILES string of the molecule is Cc1cc(C)c(OO)c(C)c1.Cc1cc(C)c(OO)c(C)c1.O=C(O)O.O=C(O)O. The van der Waals surface area contributed by atoms with Crippen molar-refractivity contribution in [1.82, 2.24) is 0 Å². The van der Waals surface area contributed by atoms with E-state index >= 15 is 0 Å². The van der Waals surface area contributed by atoms with Gasteiger partial charge in [0.25, 0.3) is 0 Å². The van der Waals surface area contributed by atoms with E-state index in [0.717, 1.165) is 22.3 Å². The van der Waals surface area contributed by atoms with Crippen molar-refractivity contribution in [2.45, 2.75) is 41.5 Å². The smallest absolute Gasteiger partial charge is 0.450 e. The van der Waals surface area contributed by atoms with Gasteiger partial charge in [-0.1, -0.05) is 35.4 Å². The van der Waals surface area contributed by atoms with Gasteiger partial charge in [0.15, 0.2) is 11.5 Å². The molecule has 0 spiro atoms. The van der Waals surface area contributed by atoms with Crippen molar-refractivity contribution in [2.24, 2.45) is 0 Å². The second kappa shape index (κ2) is 14.5. The van der Waals surface area contributed by atoms with Crippen LogP contribution in [-0.4, -0.2) is 43.3 Å². The van der Waals surface area contributed by atoms with Crippen molar-refractivity contribution < 1.29 is 50.3 Å². The molecule has 0 heterocycles. The average Bonchev–Trinajstić information content (AvgIpc) is 2.53.